The molecule has 0 aliphatic rings. The molecule has 4 aromatic rings. The summed E-state index contributed by atoms with van der Waals surface area (Å²) < 4.78 is 9.49. The maximum absolute atomic E-state index is 10.9. The molecule has 28 heavy (non-hydrogen) atoms. The zero-order valence-corrected chi connectivity index (χ0v) is 15.6. The number of nitrogens with zero attached hydrogens (tertiary/aromatic N) is 3. The standard InChI is InChI=1S/C22H21N3O3/c1-16-14-25(23-22(16)17-5-3-2-4-6-17)11-12-28-19-7-8-20-18(13-19)9-10-24(20)15-21(26)27/h2-10,13-14H,11-12,15H2,1H3,(H,26,27). The van der Waals surface area contributed by atoms with Crippen molar-refractivity contribution in [3.05, 3.63) is 72.6 Å². The van der Waals surface area contributed by atoms with Gasteiger partial charge in [0.1, 0.15) is 18.9 Å². The van der Waals surface area contributed by atoms with Crippen LogP contribution in [-0.4, -0.2) is 32.0 Å². The number of hydrogen-bond donors (Lipinski definition) is 1. The van der Waals surface area contributed by atoms with Gasteiger partial charge in [0.2, 0.25) is 0 Å². The molecule has 0 spiro atoms. The molecule has 6 nitrogen and oxygen atoms in total. The fourth-order valence-corrected chi connectivity index (χ4v) is 3.33. The van der Waals surface area contributed by atoms with Crippen LogP contribution in [0.1, 0.15) is 5.56 Å². The number of ether oxygens (including phenoxy) is 1. The van der Waals surface area contributed by atoms with Crippen LogP contribution < -0.4 is 4.74 Å². The molecule has 2 aromatic carbocycles. The molecule has 0 atom stereocenters. The number of aliphatic carboxylic acids is 1. The molecule has 4 rings (SSSR count). The summed E-state index contributed by atoms with van der Waals surface area (Å²) in [5, 5.41) is 14.6. The largest absolute Gasteiger partial charge is 0.492 e. The Morgan fingerprint density at radius 1 is 1.14 bits per heavy atom. The van der Waals surface area contributed by atoms with E-state index in [4.69, 9.17) is 9.84 Å². The molecule has 142 valence electrons. The van der Waals surface area contributed by atoms with Gasteiger partial charge in [-0.1, -0.05) is 30.3 Å². The number of hydrogen-bond acceptors (Lipinski definition) is 3. The lowest BCUT2D eigenvalue weighted by atomic mass is 10.1. The summed E-state index contributed by atoms with van der Waals surface area (Å²) in [6.45, 7) is 3.15. The van der Waals surface area contributed by atoms with Gasteiger partial charge in [-0.2, -0.15) is 5.10 Å². The van der Waals surface area contributed by atoms with E-state index in [2.05, 4.69) is 24.2 Å². The monoisotopic (exact) mass is 375 g/mol. The van der Waals surface area contributed by atoms with Crippen LogP contribution in [0.4, 0.5) is 0 Å². The Labute approximate surface area is 162 Å². The van der Waals surface area contributed by atoms with Crippen molar-refractivity contribution < 1.29 is 14.6 Å². The van der Waals surface area contributed by atoms with E-state index >= 15 is 0 Å². The first kappa shape index (κ1) is 17.9. The van der Waals surface area contributed by atoms with Crippen LogP contribution in [0.25, 0.3) is 22.2 Å². The van der Waals surface area contributed by atoms with Crippen molar-refractivity contribution >= 4 is 16.9 Å². The van der Waals surface area contributed by atoms with E-state index in [1.165, 1.54) is 0 Å². The second kappa shape index (κ2) is 7.60. The van der Waals surface area contributed by atoms with Gasteiger partial charge in [0, 0.05) is 28.9 Å². The lowest BCUT2D eigenvalue weighted by Gasteiger charge is -2.07. The minimum atomic E-state index is -0.859. The predicted octanol–water partition coefficient (Wildman–Crippen LogP) is 3.98. The number of carboxylic acid groups (broad SMARTS) is 1. The zero-order chi connectivity index (χ0) is 19.5. The summed E-state index contributed by atoms with van der Waals surface area (Å²) in [6, 6.07) is 17.7. The first-order chi connectivity index (χ1) is 13.6. The molecule has 6 heteroatoms. The summed E-state index contributed by atoms with van der Waals surface area (Å²) in [7, 11) is 0. The van der Waals surface area contributed by atoms with Crippen LogP contribution in [0.15, 0.2) is 67.0 Å². The number of rotatable bonds is 7. The molecule has 0 fully saturated rings. The van der Waals surface area contributed by atoms with Crippen molar-refractivity contribution in [2.24, 2.45) is 0 Å². The smallest absolute Gasteiger partial charge is 0.323 e. The maximum Gasteiger partial charge on any atom is 0.323 e. The van der Waals surface area contributed by atoms with Crippen molar-refractivity contribution in [3.63, 3.8) is 0 Å². The maximum atomic E-state index is 10.9. The molecule has 0 bridgehead atoms. The summed E-state index contributed by atoms with van der Waals surface area (Å²) in [5.74, 6) is -0.102. The van der Waals surface area contributed by atoms with Crippen LogP contribution in [-0.2, 0) is 17.9 Å². The molecular weight excluding hydrogens is 354 g/mol. The van der Waals surface area contributed by atoms with Gasteiger partial charge in [0.05, 0.1) is 12.2 Å². The summed E-state index contributed by atoms with van der Waals surface area (Å²) in [4.78, 5) is 10.9. The molecule has 0 amide bonds. The molecule has 0 unspecified atom stereocenters. The summed E-state index contributed by atoms with van der Waals surface area (Å²) in [6.07, 6.45) is 3.81. The Balaban J connectivity index is 1.41. The van der Waals surface area contributed by atoms with Gasteiger partial charge in [-0.25, -0.2) is 0 Å². The first-order valence-electron chi connectivity index (χ1n) is 9.13. The van der Waals surface area contributed by atoms with Crippen LogP contribution in [0.2, 0.25) is 0 Å². The fourth-order valence-electron chi connectivity index (χ4n) is 3.33. The minimum Gasteiger partial charge on any atom is -0.492 e. The molecule has 0 radical (unpaired) electrons. The highest BCUT2D eigenvalue weighted by atomic mass is 16.5. The second-order valence-electron chi connectivity index (χ2n) is 6.70. The van der Waals surface area contributed by atoms with Crippen LogP contribution in [0.5, 0.6) is 5.75 Å². The van der Waals surface area contributed by atoms with Crippen molar-refractivity contribution in [1.29, 1.82) is 0 Å². The Bertz CT molecular complexity index is 1110. The van der Waals surface area contributed by atoms with E-state index in [9.17, 15) is 4.79 Å². The minimum absolute atomic E-state index is 0.0495. The van der Waals surface area contributed by atoms with E-state index in [1.54, 1.807) is 10.8 Å². The van der Waals surface area contributed by atoms with Gasteiger partial charge < -0.3 is 14.4 Å². The molecule has 2 aromatic heterocycles. The number of aryl methyl sites for hydroxylation is 1. The third-order valence-electron chi connectivity index (χ3n) is 4.63. The highest BCUT2D eigenvalue weighted by Gasteiger charge is 2.08. The van der Waals surface area contributed by atoms with E-state index < -0.39 is 5.97 Å². The Kier molecular flexibility index (Phi) is 4.85. The Morgan fingerprint density at radius 2 is 1.96 bits per heavy atom. The number of aromatic nitrogens is 3. The molecule has 1 N–H and O–H groups in total. The lowest BCUT2D eigenvalue weighted by molar-refractivity contribution is -0.137. The Morgan fingerprint density at radius 3 is 2.75 bits per heavy atom. The van der Waals surface area contributed by atoms with E-state index in [0.717, 1.165) is 33.5 Å². The van der Waals surface area contributed by atoms with Gasteiger partial charge in [-0.05, 0) is 36.8 Å². The molecular formula is C22H21N3O3. The third-order valence-corrected chi connectivity index (χ3v) is 4.63. The second-order valence-corrected chi connectivity index (χ2v) is 6.70. The number of carboxylic acids is 1. The van der Waals surface area contributed by atoms with Crippen LogP contribution >= 0.6 is 0 Å². The Hall–Kier alpha value is -3.54. The summed E-state index contributed by atoms with van der Waals surface area (Å²) in [5.41, 5.74) is 4.11. The molecule has 0 aliphatic carbocycles. The number of fused-ring (bicyclic) bond motifs is 1. The van der Waals surface area contributed by atoms with E-state index in [0.29, 0.717) is 13.2 Å². The van der Waals surface area contributed by atoms with Crippen molar-refractivity contribution in [2.75, 3.05) is 6.61 Å². The van der Waals surface area contributed by atoms with Gasteiger partial charge in [0.25, 0.3) is 0 Å². The van der Waals surface area contributed by atoms with Gasteiger partial charge in [-0.3, -0.25) is 9.48 Å². The number of carbonyl (C=O) groups is 1. The molecule has 2 heterocycles. The van der Waals surface area contributed by atoms with Gasteiger partial charge in [-0.15, -0.1) is 0 Å². The molecule has 0 saturated heterocycles. The van der Waals surface area contributed by atoms with Gasteiger partial charge >= 0.3 is 5.97 Å². The third kappa shape index (κ3) is 3.76. The summed E-state index contributed by atoms with van der Waals surface area (Å²) >= 11 is 0. The first-order valence-corrected chi connectivity index (χ1v) is 9.13. The molecule has 0 aliphatic heterocycles. The normalized spacial score (nSPS) is 11.0. The average Bonchev–Trinajstić information content (AvgIpc) is 3.25. The highest BCUT2D eigenvalue weighted by molar-refractivity contribution is 5.83. The van der Waals surface area contributed by atoms with Crippen LogP contribution in [0.3, 0.4) is 0 Å². The topological polar surface area (TPSA) is 69.3 Å². The highest BCUT2D eigenvalue weighted by Crippen LogP contribution is 2.23. The SMILES string of the molecule is Cc1cn(CCOc2ccc3c(ccn3CC(=O)O)c2)nc1-c1ccccc1. The van der Waals surface area contributed by atoms with Gasteiger partial charge in [0.15, 0.2) is 0 Å². The predicted molar refractivity (Wildman–Crippen MR) is 107 cm³/mol. The van der Waals surface area contributed by atoms with Crippen molar-refractivity contribution in [2.45, 2.75) is 20.0 Å². The molecule has 0 saturated carbocycles. The zero-order valence-electron chi connectivity index (χ0n) is 15.6. The fraction of sp³-hybridized carbons (Fsp3) is 0.182. The van der Waals surface area contributed by atoms with Crippen molar-refractivity contribution in [3.8, 4) is 17.0 Å². The lowest BCUT2D eigenvalue weighted by Crippen LogP contribution is -2.09. The van der Waals surface area contributed by atoms with E-state index in [-0.39, 0.29) is 6.54 Å². The van der Waals surface area contributed by atoms with E-state index in [1.807, 2.05) is 53.3 Å². The average molecular weight is 375 g/mol. The van der Waals surface area contributed by atoms with Crippen molar-refractivity contribution in [1.82, 2.24) is 14.3 Å². The number of benzene rings is 2. The quantitative estimate of drug-likeness (QED) is 0.530. The van der Waals surface area contributed by atoms with Crippen LogP contribution in [0, 0.1) is 6.92 Å².